The van der Waals surface area contributed by atoms with Crippen LogP contribution in [0.2, 0.25) is 0 Å². The van der Waals surface area contributed by atoms with Crippen molar-refractivity contribution in [3.63, 3.8) is 0 Å². The van der Waals surface area contributed by atoms with E-state index in [9.17, 15) is 23.2 Å². The Hall–Kier alpha value is -2.42. The average Bonchev–Trinajstić information content (AvgIpc) is 2.89. The van der Waals surface area contributed by atoms with Crippen LogP contribution in [-0.4, -0.2) is 39.2 Å². The summed E-state index contributed by atoms with van der Waals surface area (Å²) in [6.07, 6.45) is 2.00. The second-order valence-corrected chi connectivity index (χ2v) is 7.56. The van der Waals surface area contributed by atoms with Crippen LogP contribution in [0.5, 0.6) is 0 Å². The first-order valence-electron chi connectivity index (χ1n) is 8.58. The van der Waals surface area contributed by atoms with Crippen LogP contribution in [-0.2, 0) is 11.3 Å². The molecule has 1 saturated heterocycles. The third kappa shape index (κ3) is 4.85. The molecule has 1 atom stereocenters. The van der Waals surface area contributed by atoms with Crippen LogP contribution in [0.25, 0.3) is 0 Å². The van der Waals surface area contributed by atoms with Crippen molar-refractivity contribution in [1.82, 2.24) is 14.5 Å². The first-order valence-corrected chi connectivity index (χ1v) is 9.63. The van der Waals surface area contributed by atoms with E-state index >= 15 is 0 Å². The van der Waals surface area contributed by atoms with Gasteiger partial charge in [0.2, 0.25) is 5.91 Å². The van der Waals surface area contributed by atoms with Crippen LogP contribution >= 0.6 is 11.8 Å². The van der Waals surface area contributed by atoms with Crippen molar-refractivity contribution in [3.05, 3.63) is 68.5 Å². The Morgan fingerprint density at radius 1 is 1.22 bits per heavy atom. The molecule has 9 heteroatoms. The minimum Gasteiger partial charge on any atom is -0.342 e. The van der Waals surface area contributed by atoms with Gasteiger partial charge in [-0.15, -0.1) is 0 Å². The molecule has 1 fully saturated rings. The summed E-state index contributed by atoms with van der Waals surface area (Å²) in [5, 5.41) is -0.208. The van der Waals surface area contributed by atoms with E-state index in [0.29, 0.717) is 30.8 Å². The third-order valence-corrected chi connectivity index (χ3v) is 5.77. The molecular formula is C18H19F2N3O3S. The highest BCUT2D eigenvalue weighted by atomic mass is 32.2. The molecule has 6 nitrogen and oxygen atoms in total. The fourth-order valence-corrected chi connectivity index (χ4v) is 4.27. The summed E-state index contributed by atoms with van der Waals surface area (Å²) in [5.41, 5.74) is -0.708. The summed E-state index contributed by atoms with van der Waals surface area (Å²) < 4.78 is 28.7. The van der Waals surface area contributed by atoms with Gasteiger partial charge in [0, 0.05) is 54.9 Å². The molecule has 1 aromatic heterocycles. The van der Waals surface area contributed by atoms with Gasteiger partial charge in [-0.05, 0) is 24.6 Å². The number of thioether (sulfide) groups is 1. The molecule has 2 heterocycles. The fraction of sp³-hybridized carbons (Fsp3) is 0.389. The van der Waals surface area contributed by atoms with Gasteiger partial charge in [0.05, 0.1) is 0 Å². The van der Waals surface area contributed by atoms with Crippen molar-refractivity contribution in [2.24, 2.45) is 0 Å². The van der Waals surface area contributed by atoms with E-state index in [4.69, 9.17) is 0 Å². The lowest BCUT2D eigenvalue weighted by Crippen LogP contribution is -2.35. The van der Waals surface area contributed by atoms with Crippen LogP contribution in [0.15, 0.2) is 40.1 Å². The van der Waals surface area contributed by atoms with Crippen LogP contribution in [0.4, 0.5) is 8.78 Å². The lowest BCUT2D eigenvalue weighted by molar-refractivity contribution is -0.131. The molecule has 1 N–H and O–H groups in total. The predicted molar refractivity (Wildman–Crippen MR) is 98.7 cm³/mol. The maximum absolute atomic E-state index is 14.0. The summed E-state index contributed by atoms with van der Waals surface area (Å²) in [5.74, 6) is -0.416. The summed E-state index contributed by atoms with van der Waals surface area (Å²) in [7, 11) is 0. The Labute approximate surface area is 158 Å². The standard InChI is InChI=1S/C18H19F2N3O3S/c19-12-1-2-14(20)13(11-12)15-3-6-22(9-10-27-15)17(25)5-8-23-7-4-16(24)21-18(23)26/h1-2,4,7,11,15H,3,5-6,8-10H2,(H,21,24,26). The summed E-state index contributed by atoms with van der Waals surface area (Å²) >= 11 is 1.50. The van der Waals surface area contributed by atoms with Crippen molar-refractivity contribution in [1.29, 1.82) is 0 Å². The normalized spacial score (nSPS) is 17.6. The molecule has 1 aromatic carbocycles. The number of aromatic amines is 1. The van der Waals surface area contributed by atoms with E-state index in [1.807, 2.05) is 0 Å². The molecule has 3 rings (SSSR count). The highest BCUT2D eigenvalue weighted by molar-refractivity contribution is 7.99. The number of H-pyrrole nitrogens is 1. The first-order chi connectivity index (χ1) is 12.9. The summed E-state index contributed by atoms with van der Waals surface area (Å²) in [6, 6.07) is 4.66. The van der Waals surface area contributed by atoms with Crippen LogP contribution in [0.3, 0.4) is 0 Å². The van der Waals surface area contributed by atoms with Crippen molar-refractivity contribution in [2.45, 2.75) is 24.6 Å². The molecule has 1 aliphatic rings. The van der Waals surface area contributed by atoms with E-state index in [2.05, 4.69) is 4.98 Å². The summed E-state index contributed by atoms with van der Waals surface area (Å²) in [4.78, 5) is 39.0. The molecule has 0 saturated carbocycles. The molecule has 0 bridgehead atoms. The second kappa shape index (κ2) is 8.51. The van der Waals surface area contributed by atoms with E-state index in [1.54, 1.807) is 4.90 Å². The Morgan fingerprint density at radius 3 is 2.81 bits per heavy atom. The Kier molecular flexibility index (Phi) is 6.10. The third-order valence-electron chi connectivity index (χ3n) is 4.46. The minimum absolute atomic E-state index is 0.117. The van der Waals surface area contributed by atoms with Crippen molar-refractivity contribution < 1.29 is 13.6 Å². The quantitative estimate of drug-likeness (QED) is 0.858. The number of carbonyl (C=O) groups excluding carboxylic acids is 1. The van der Waals surface area contributed by atoms with Crippen LogP contribution in [0, 0.1) is 11.6 Å². The lowest BCUT2D eigenvalue weighted by Gasteiger charge is -2.20. The van der Waals surface area contributed by atoms with Gasteiger partial charge in [-0.2, -0.15) is 11.8 Å². The van der Waals surface area contributed by atoms with Gasteiger partial charge < -0.3 is 9.47 Å². The number of nitrogens with zero attached hydrogens (tertiary/aromatic N) is 2. The number of hydrogen-bond acceptors (Lipinski definition) is 4. The van der Waals surface area contributed by atoms with E-state index in [1.165, 1.54) is 34.7 Å². The molecule has 0 spiro atoms. The number of hydrogen-bond donors (Lipinski definition) is 1. The van der Waals surface area contributed by atoms with E-state index in [-0.39, 0.29) is 24.1 Å². The molecule has 0 radical (unpaired) electrons. The molecule has 1 amide bonds. The van der Waals surface area contributed by atoms with Gasteiger partial charge >= 0.3 is 5.69 Å². The maximum Gasteiger partial charge on any atom is 0.328 e. The Balaban J connectivity index is 1.60. The van der Waals surface area contributed by atoms with Crippen LogP contribution in [0.1, 0.15) is 23.7 Å². The van der Waals surface area contributed by atoms with Gasteiger partial charge in [-0.3, -0.25) is 14.6 Å². The zero-order valence-electron chi connectivity index (χ0n) is 14.5. The molecule has 144 valence electrons. The number of halogens is 2. The van der Waals surface area contributed by atoms with E-state index < -0.39 is 22.9 Å². The second-order valence-electron chi connectivity index (χ2n) is 6.25. The summed E-state index contributed by atoms with van der Waals surface area (Å²) in [6.45, 7) is 1.12. The van der Waals surface area contributed by atoms with Crippen LogP contribution < -0.4 is 11.2 Å². The van der Waals surface area contributed by atoms with Crippen molar-refractivity contribution in [2.75, 3.05) is 18.8 Å². The van der Waals surface area contributed by atoms with Gasteiger partial charge in [0.25, 0.3) is 5.56 Å². The smallest absolute Gasteiger partial charge is 0.328 e. The Bertz CT molecular complexity index is 944. The zero-order chi connectivity index (χ0) is 19.4. The molecule has 27 heavy (non-hydrogen) atoms. The topological polar surface area (TPSA) is 75.2 Å². The van der Waals surface area contributed by atoms with Crippen molar-refractivity contribution >= 4 is 17.7 Å². The van der Waals surface area contributed by atoms with Gasteiger partial charge in [-0.25, -0.2) is 13.6 Å². The number of aryl methyl sites for hydroxylation is 1. The monoisotopic (exact) mass is 395 g/mol. The number of aromatic nitrogens is 2. The average molecular weight is 395 g/mol. The SMILES string of the molecule is O=C(CCn1ccc(=O)[nH]c1=O)N1CCSC(c2cc(F)ccc2F)CC1. The lowest BCUT2D eigenvalue weighted by atomic mass is 10.1. The molecule has 0 aliphatic carbocycles. The van der Waals surface area contributed by atoms with Gasteiger partial charge in [-0.1, -0.05) is 0 Å². The number of amides is 1. The predicted octanol–water partition coefficient (Wildman–Crippen LogP) is 1.91. The zero-order valence-corrected chi connectivity index (χ0v) is 15.3. The molecule has 1 unspecified atom stereocenters. The number of carbonyl (C=O) groups is 1. The molecular weight excluding hydrogens is 376 g/mol. The molecule has 2 aromatic rings. The largest absolute Gasteiger partial charge is 0.342 e. The van der Waals surface area contributed by atoms with Gasteiger partial charge in [0.1, 0.15) is 11.6 Å². The fourth-order valence-electron chi connectivity index (χ4n) is 3.02. The number of rotatable bonds is 4. The highest BCUT2D eigenvalue weighted by Crippen LogP contribution is 2.36. The highest BCUT2D eigenvalue weighted by Gasteiger charge is 2.24. The minimum atomic E-state index is -0.552. The van der Waals surface area contributed by atoms with E-state index in [0.717, 1.165) is 12.1 Å². The number of nitrogens with one attached hydrogen (secondary N) is 1. The van der Waals surface area contributed by atoms with Gasteiger partial charge in [0.15, 0.2) is 0 Å². The molecule has 1 aliphatic heterocycles. The maximum atomic E-state index is 14.0. The first kappa shape index (κ1) is 19.3. The Morgan fingerprint density at radius 2 is 2.04 bits per heavy atom. The van der Waals surface area contributed by atoms with Crippen molar-refractivity contribution in [3.8, 4) is 0 Å². The number of benzene rings is 1.